The molecular weight excluding hydrogens is 1090 g/mol. The molecule has 1 fully saturated rings. The molecule has 0 aliphatic carbocycles. The number of ether oxygens (including phenoxy) is 2. The molecule has 440 valence electrons. The lowest BCUT2D eigenvalue weighted by atomic mass is 10.0. The average Bonchev–Trinajstić information content (AvgIpc) is 4.13. The van der Waals surface area contributed by atoms with E-state index in [1.165, 1.54) is 20.8 Å². The summed E-state index contributed by atoms with van der Waals surface area (Å²) in [6.07, 6.45) is -3.75. The van der Waals surface area contributed by atoms with Gasteiger partial charge in [0.25, 0.3) is 0 Å². The van der Waals surface area contributed by atoms with Crippen LogP contribution in [0.25, 0.3) is 10.9 Å². The highest BCUT2D eigenvalue weighted by molar-refractivity contribution is 8.76. The zero-order valence-electron chi connectivity index (χ0n) is 45.5. The van der Waals surface area contributed by atoms with Crippen molar-refractivity contribution >= 4 is 85.8 Å². The molecule has 7 amide bonds. The van der Waals surface area contributed by atoms with Crippen molar-refractivity contribution in [3.8, 4) is 0 Å². The van der Waals surface area contributed by atoms with Crippen LogP contribution >= 0.6 is 21.6 Å². The summed E-state index contributed by atoms with van der Waals surface area (Å²) in [6, 6.07) is 13.6. The molecular formula is C55H74N10O14S2. The van der Waals surface area contributed by atoms with E-state index >= 15 is 0 Å². The van der Waals surface area contributed by atoms with Gasteiger partial charge in [-0.2, -0.15) is 0 Å². The van der Waals surface area contributed by atoms with Crippen LogP contribution in [0, 0.1) is 0 Å². The lowest BCUT2D eigenvalue weighted by Gasteiger charge is -2.29. The van der Waals surface area contributed by atoms with Crippen molar-refractivity contribution in [2.45, 2.75) is 139 Å². The molecule has 12 atom stereocenters. The van der Waals surface area contributed by atoms with Gasteiger partial charge in [0.15, 0.2) is 6.10 Å². The van der Waals surface area contributed by atoms with Gasteiger partial charge in [0.05, 0.1) is 24.3 Å². The maximum atomic E-state index is 14.8. The van der Waals surface area contributed by atoms with Crippen LogP contribution in [0.1, 0.15) is 63.6 Å². The SMILES string of the molecule is C[C@@H](O)C(=O)O[C@H](C)C(=O)OCC(NC(=O)C1CSSCC(NC(=O)C(N)Cc2ccccc2)C(=O)NC(Cc2ccccc2)C(=O)NC(Cc2c[nH]c3ccccc23)C(=O)NC(CCCCN)C(=O)NC([C@@H](C)O)C(=O)N1)[C@@H](C)O. The number of aliphatic hydroxyl groups is 3. The fourth-order valence-electron chi connectivity index (χ4n) is 8.32. The number of hydrogen-bond acceptors (Lipinski definition) is 18. The number of aliphatic hydroxyl groups excluding tert-OH is 3. The first-order chi connectivity index (χ1) is 38.6. The van der Waals surface area contributed by atoms with Gasteiger partial charge in [-0.1, -0.05) is 100 Å². The number of benzene rings is 3. The number of rotatable bonds is 21. The molecule has 0 radical (unpaired) electrons. The summed E-state index contributed by atoms with van der Waals surface area (Å²) in [5.74, 6) is -8.81. The largest absolute Gasteiger partial charge is 0.461 e. The Hall–Kier alpha value is -7.07. The molecule has 5 rings (SSSR count). The molecule has 1 aromatic heterocycles. The van der Waals surface area contributed by atoms with Gasteiger partial charge in [0.2, 0.25) is 41.4 Å². The molecule has 3 aromatic carbocycles. The van der Waals surface area contributed by atoms with E-state index in [1.807, 2.05) is 18.2 Å². The molecule has 0 saturated carbocycles. The lowest BCUT2D eigenvalue weighted by Crippen LogP contribution is -2.62. The van der Waals surface area contributed by atoms with Gasteiger partial charge in [0, 0.05) is 41.4 Å². The number of amides is 7. The first-order valence-electron chi connectivity index (χ1n) is 26.5. The summed E-state index contributed by atoms with van der Waals surface area (Å²) in [7, 11) is 1.93. The van der Waals surface area contributed by atoms with E-state index < -0.39 is 133 Å². The van der Waals surface area contributed by atoms with Gasteiger partial charge in [-0.15, -0.1) is 0 Å². The third-order valence-electron chi connectivity index (χ3n) is 13.0. The van der Waals surface area contributed by atoms with Gasteiger partial charge < -0.3 is 78.5 Å². The van der Waals surface area contributed by atoms with Gasteiger partial charge in [-0.3, -0.25) is 33.6 Å². The van der Waals surface area contributed by atoms with Crippen molar-refractivity contribution in [3.05, 3.63) is 108 Å². The Kier molecular flexibility index (Phi) is 25.9. The predicted molar refractivity (Wildman–Crippen MR) is 303 cm³/mol. The summed E-state index contributed by atoms with van der Waals surface area (Å²) < 4.78 is 10.1. The number of carbonyl (C=O) groups is 9. The highest BCUT2D eigenvalue weighted by atomic mass is 33.1. The van der Waals surface area contributed by atoms with Crippen molar-refractivity contribution in [2.75, 3.05) is 24.7 Å². The Balaban J connectivity index is 1.54. The van der Waals surface area contributed by atoms with Gasteiger partial charge in [-0.25, -0.2) is 9.59 Å². The number of carbonyl (C=O) groups excluding carboxylic acids is 9. The Morgan fingerprint density at radius 3 is 1.93 bits per heavy atom. The lowest BCUT2D eigenvalue weighted by molar-refractivity contribution is -0.172. The highest BCUT2D eigenvalue weighted by Gasteiger charge is 2.37. The maximum Gasteiger partial charge on any atom is 0.347 e. The molecule has 26 heteroatoms. The number of esters is 2. The van der Waals surface area contributed by atoms with E-state index in [0.717, 1.165) is 45.0 Å². The summed E-state index contributed by atoms with van der Waals surface area (Å²) in [4.78, 5) is 129. The van der Waals surface area contributed by atoms with Crippen LogP contribution in [-0.4, -0.2) is 171 Å². The fourth-order valence-corrected chi connectivity index (χ4v) is 10.6. The van der Waals surface area contributed by atoms with Crippen molar-refractivity contribution in [1.82, 2.24) is 42.2 Å². The number of nitrogens with one attached hydrogen (secondary N) is 8. The molecule has 1 saturated heterocycles. The molecule has 81 heavy (non-hydrogen) atoms. The zero-order valence-corrected chi connectivity index (χ0v) is 47.1. The number of hydrogen-bond donors (Lipinski definition) is 13. The molecule has 4 aromatic rings. The molecule has 1 aliphatic heterocycles. The minimum atomic E-state index is -1.76. The van der Waals surface area contributed by atoms with Crippen LogP contribution in [0.2, 0.25) is 0 Å². The second kappa shape index (κ2) is 32.4. The zero-order chi connectivity index (χ0) is 59.2. The number of aromatic nitrogens is 1. The van der Waals surface area contributed by atoms with Crippen LogP contribution in [0.3, 0.4) is 0 Å². The quantitative estimate of drug-likeness (QED) is 0.0272. The second-order valence-electron chi connectivity index (χ2n) is 19.7. The smallest absolute Gasteiger partial charge is 0.347 e. The number of nitrogens with two attached hydrogens (primary N) is 2. The second-order valence-corrected chi connectivity index (χ2v) is 22.2. The molecule has 0 bridgehead atoms. The molecule has 2 heterocycles. The minimum absolute atomic E-state index is 0.0164. The molecule has 24 nitrogen and oxygen atoms in total. The predicted octanol–water partition coefficient (Wildman–Crippen LogP) is -0.942. The van der Waals surface area contributed by atoms with E-state index in [-0.39, 0.29) is 43.7 Å². The van der Waals surface area contributed by atoms with Crippen molar-refractivity contribution < 1.29 is 67.9 Å². The van der Waals surface area contributed by atoms with E-state index in [4.69, 9.17) is 20.9 Å². The molecule has 8 unspecified atom stereocenters. The van der Waals surface area contributed by atoms with E-state index in [1.54, 1.807) is 72.9 Å². The number of unbranched alkanes of at least 4 members (excludes halogenated alkanes) is 1. The van der Waals surface area contributed by atoms with Crippen LogP contribution in [-0.2, 0) is 71.9 Å². The Bertz CT molecular complexity index is 2750. The molecule has 15 N–H and O–H groups in total. The molecule has 0 spiro atoms. The van der Waals surface area contributed by atoms with Gasteiger partial charge >= 0.3 is 11.9 Å². The van der Waals surface area contributed by atoms with E-state index in [9.17, 15) is 58.5 Å². The Morgan fingerprint density at radius 1 is 0.691 bits per heavy atom. The number of H-pyrrole nitrogens is 1. The number of para-hydroxylation sites is 1. The summed E-state index contributed by atoms with van der Waals surface area (Å²) in [6.45, 7) is 4.37. The highest BCUT2D eigenvalue weighted by Crippen LogP contribution is 2.25. The van der Waals surface area contributed by atoms with Crippen LogP contribution in [0.4, 0.5) is 0 Å². The first kappa shape index (κ1) is 64.7. The minimum Gasteiger partial charge on any atom is -0.461 e. The van der Waals surface area contributed by atoms with Crippen LogP contribution < -0.4 is 48.7 Å². The standard InChI is InChI=1S/C55H74N10O14S2/c1-30(66)43(27-78-55(77)33(4)79-54(76)32(3)68)62-52(74)45-29-81-80-28-44(63-47(69)38(57)23-34-15-7-5-8-16-34)51(73)60-41(24-35-17-9-6-10-18-35)49(71)61-42(25-36-26-58-39-20-12-11-19-37(36)39)50(72)59-40(21-13-14-22-56)48(70)65-46(31(2)67)53(75)64-45/h5-12,15-20,26,30-33,38,40-46,58,66-68H,13-14,21-25,27-29,56-57H2,1-4H3,(H,59,72)(H,60,73)(H,61,71)(H,62,74)(H,63,69)(H,64,75)(H,65,70)/t30-,31-,32-,33-,38?,40?,41?,42?,43?,44?,45?,46?/m1/s1. The molecule has 1 aliphatic rings. The van der Waals surface area contributed by atoms with Gasteiger partial charge in [-0.05, 0) is 82.7 Å². The Labute approximate surface area is 476 Å². The van der Waals surface area contributed by atoms with E-state index in [2.05, 4.69) is 42.2 Å². The van der Waals surface area contributed by atoms with Crippen molar-refractivity contribution in [2.24, 2.45) is 11.5 Å². The summed E-state index contributed by atoms with van der Waals surface area (Å²) in [5, 5.41) is 50.7. The summed E-state index contributed by atoms with van der Waals surface area (Å²) >= 11 is 0. The first-order valence-corrected chi connectivity index (χ1v) is 29.0. The fraction of sp³-hybridized carbons (Fsp3) is 0.473. The topological polar surface area (TPSA) is 385 Å². The van der Waals surface area contributed by atoms with Crippen molar-refractivity contribution in [3.63, 3.8) is 0 Å². The van der Waals surface area contributed by atoms with Gasteiger partial charge in [0.1, 0.15) is 49.0 Å². The number of fused-ring (bicyclic) bond motifs is 1. The third kappa shape index (κ3) is 20.5. The van der Waals surface area contributed by atoms with Crippen molar-refractivity contribution in [1.29, 1.82) is 0 Å². The van der Waals surface area contributed by atoms with E-state index in [0.29, 0.717) is 24.0 Å². The number of aromatic amines is 1. The Morgan fingerprint density at radius 2 is 1.28 bits per heavy atom. The third-order valence-corrected chi connectivity index (χ3v) is 15.4. The monoisotopic (exact) mass is 1160 g/mol. The van der Waals surface area contributed by atoms with Crippen LogP contribution in [0.5, 0.6) is 0 Å². The normalized spacial score (nSPS) is 22.1. The van der Waals surface area contributed by atoms with Crippen LogP contribution in [0.15, 0.2) is 91.1 Å². The maximum absolute atomic E-state index is 14.8. The average molecular weight is 1160 g/mol. The summed E-state index contributed by atoms with van der Waals surface area (Å²) in [5.41, 5.74) is 14.9.